The Bertz CT molecular complexity index is 503. The molecule has 1 aromatic heterocycles. The summed E-state index contributed by atoms with van der Waals surface area (Å²) in [6.07, 6.45) is 2.83. The van der Waals surface area contributed by atoms with Gasteiger partial charge in [-0.25, -0.2) is 18.4 Å². The van der Waals surface area contributed by atoms with E-state index in [0.717, 1.165) is 5.69 Å². The lowest BCUT2D eigenvalue weighted by Gasteiger charge is -2.32. The molecule has 1 aliphatic heterocycles. The smallest absolute Gasteiger partial charge is 0.212 e. The van der Waals surface area contributed by atoms with E-state index in [1.807, 2.05) is 6.92 Å². The van der Waals surface area contributed by atoms with Crippen molar-refractivity contribution in [1.29, 1.82) is 0 Å². The van der Waals surface area contributed by atoms with Gasteiger partial charge in [-0.3, -0.25) is 0 Å². The van der Waals surface area contributed by atoms with Crippen LogP contribution in [0.3, 0.4) is 0 Å². The van der Waals surface area contributed by atoms with Crippen LogP contribution in [0.25, 0.3) is 0 Å². The van der Waals surface area contributed by atoms with Crippen molar-refractivity contribution in [1.82, 2.24) is 14.3 Å². The van der Waals surface area contributed by atoms with Crippen LogP contribution in [-0.2, 0) is 14.8 Å². The van der Waals surface area contributed by atoms with Crippen LogP contribution in [0.1, 0.15) is 17.6 Å². The first-order valence-corrected chi connectivity index (χ1v) is 7.17. The number of hydrogen-bond donors (Lipinski definition) is 0. The SMILES string of the molecule is Cc1ccnc([C@@H]2COCCN2S(C)(=O)=O)n1. The third kappa shape index (κ3) is 2.80. The number of hydrogen-bond acceptors (Lipinski definition) is 5. The predicted molar refractivity (Wildman–Crippen MR) is 61.9 cm³/mol. The lowest BCUT2D eigenvalue weighted by Crippen LogP contribution is -2.43. The highest BCUT2D eigenvalue weighted by molar-refractivity contribution is 7.88. The lowest BCUT2D eigenvalue weighted by atomic mass is 10.2. The van der Waals surface area contributed by atoms with Crippen molar-refractivity contribution >= 4 is 10.0 Å². The van der Waals surface area contributed by atoms with Gasteiger partial charge in [0.2, 0.25) is 10.0 Å². The predicted octanol–water partition coefficient (Wildman–Crippen LogP) is 0.118. The van der Waals surface area contributed by atoms with Gasteiger partial charge >= 0.3 is 0 Å². The van der Waals surface area contributed by atoms with Gasteiger partial charge in [-0.15, -0.1) is 0 Å². The molecule has 1 saturated heterocycles. The Morgan fingerprint density at radius 1 is 1.53 bits per heavy atom. The fraction of sp³-hybridized carbons (Fsp3) is 0.600. The van der Waals surface area contributed by atoms with Crippen molar-refractivity contribution in [3.05, 3.63) is 23.8 Å². The number of ether oxygens (including phenoxy) is 1. The van der Waals surface area contributed by atoms with Crippen LogP contribution in [0.2, 0.25) is 0 Å². The molecule has 17 heavy (non-hydrogen) atoms. The van der Waals surface area contributed by atoms with Gasteiger partial charge in [0.25, 0.3) is 0 Å². The fourth-order valence-electron chi connectivity index (χ4n) is 1.82. The number of sulfonamides is 1. The van der Waals surface area contributed by atoms with Crippen LogP contribution >= 0.6 is 0 Å². The topological polar surface area (TPSA) is 72.4 Å². The molecule has 7 heteroatoms. The molecule has 2 heterocycles. The van der Waals surface area contributed by atoms with Gasteiger partial charge in [0.1, 0.15) is 11.9 Å². The Labute approximate surface area is 101 Å². The van der Waals surface area contributed by atoms with Crippen molar-refractivity contribution in [3.63, 3.8) is 0 Å². The Balaban J connectivity index is 2.34. The van der Waals surface area contributed by atoms with Gasteiger partial charge < -0.3 is 4.74 Å². The van der Waals surface area contributed by atoms with Gasteiger partial charge in [0.15, 0.2) is 0 Å². The molecule has 1 aromatic rings. The van der Waals surface area contributed by atoms with E-state index in [0.29, 0.717) is 25.6 Å². The van der Waals surface area contributed by atoms with Crippen molar-refractivity contribution in [2.24, 2.45) is 0 Å². The first-order chi connectivity index (χ1) is 7.98. The highest BCUT2D eigenvalue weighted by Crippen LogP contribution is 2.23. The van der Waals surface area contributed by atoms with Crippen molar-refractivity contribution in [2.45, 2.75) is 13.0 Å². The molecule has 6 nitrogen and oxygen atoms in total. The largest absolute Gasteiger partial charge is 0.378 e. The second-order valence-corrected chi connectivity index (χ2v) is 5.96. The maximum atomic E-state index is 11.7. The summed E-state index contributed by atoms with van der Waals surface area (Å²) in [6, 6.07) is 1.36. The fourth-order valence-corrected chi connectivity index (χ4v) is 2.84. The molecule has 0 saturated carbocycles. The van der Waals surface area contributed by atoms with E-state index in [2.05, 4.69) is 9.97 Å². The van der Waals surface area contributed by atoms with E-state index in [1.165, 1.54) is 10.6 Å². The second kappa shape index (κ2) is 4.67. The molecule has 1 aliphatic rings. The highest BCUT2D eigenvalue weighted by atomic mass is 32.2. The van der Waals surface area contributed by atoms with E-state index in [1.54, 1.807) is 12.3 Å². The summed E-state index contributed by atoms with van der Waals surface area (Å²) >= 11 is 0. The molecule has 0 aliphatic carbocycles. The second-order valence-electron chi connectivity index (χ2n) is 4.02. The van der Waals surface area contributed by atoms with Crippen molar-refractivity contribution < 1.29 is 13.2 Å². The van der Waals surface area contributed by atoms with Gasteiger partial charge in [0.05, 0.1) is 19.5 Å². The van der Waals surface area contributed by atoms with Crippen LogP contribution in [0.15, 0.2) is 12.3 Å². The summed E-state index contributed by atoms with van der Waals surface area (Å²) < 4.78 is 30.0. The van der Waals surface area contributed by atoms with Gasteiger partial charge in [0, 0.05) is 18.4 Å². The quantitative estimate of drug-likeness (QED) is 0.752. The van der Waals surface area contributed by atoms with Crippen LogP contribution in [0.5, 0.6) is 0 Å². The van der Waals surface area contributed by atoms with Crippen molar-refractivity contribution in [2.75, 3.05) is 26.0 Å². The summed E-state index contributed by atoms with van der Waals surface area (Å²) in [5.74, 6) is 0.495. The van der Waals surface area contributed by atoms with E-state index in [4.69, 9.17) is 4.74 Å². The normalized spacial score (nSPS) is 22.6. The molecule has 0 aromatic carbocycles. The zero-order valence-electron chi connectivity index (χ0n) is 9.83. The third-order valence-electron chi connectivity index (χ3n) is 2.62. The molecule has 0 amide bonds. The third-order valence-corrected chi connectivity index (χ3v) is 3.91. The molecule has 94 valence electrons. The molecule has 0 spiro atoms. The standard InChI is InChI=1S/C10H15N3O3S/c1-8-3-4-11-10(12-8)9-7-16-6-5-13(9)17(2,14)15/h3-4,9H,5-7H2,1-2H3/t9-/m0/s1. The molecule has 1 fully saturated rings. The first-order valence-electron chi connectivity index (χ1n) is 5.32. The van der Waals surface area contributed by atoms with Gasteiger partial charge in [-0.2, -0.15) is 4.31 Å². The molecule has 0 unspecified atom stereocenters. The molecule has 0 radical (unpaired) electrons. The zero-order valence-corrected chi connectivity index (χ0v) is 10.6. The zero-order chi connectivity index (χ0) is 12.5. The van der Waals surface area contributed by atoms with E-state index in [-0.39, 0.29) is 0 Å². The van der Waals surface area contributed by atoms with Crippen LogP contribution in [-0.4, -0.2) is 48.7 Å². The molecule has 2 rings (SSSR count). The summed E-state index contributed by atoms with van der Waals surface area (Å²) in [5, 5.41) is 0. The van der Waals surface area contributed by atoms with E-state index < -0.39 is 16.1 Å². The monoisotopic (exact) mass is 257 g/mol. The Kier molecular flexibility index (Phi) is 3.41. The summed E-state index contributed by atoms with van der Waals surface area (Å²) in [6.45, 7) is 2.91. The summed E-state index contributed by atoms with van der Waals surface area (Å²) in [4.78, 5) is 8.39. The van der Waals surface area contributed by atoms with Gasteiger partial charge in [-0.1, -0.05) is 0 Å². The molecule has 0 bridgehead atoms. The minimum absolute atomic E-state index is 0.302. The van der Waals surface area contributed by atoms with E-state index in [9.17, 15) is 8.42 Å². The first kappa shape index (κ1) is 12.4. The maximum Gasteiger partial charge on any atom is 0.212 e. The molecular weight excluding hydrogens is 242 g/mol. The van der Waals surface area contributed by atoms with Gasteiger partial charge in [-0.05, 0) is 13.0 Å². The Morgan fingerprint density at radius 3 is 2.94 bits per heavy atom. The average Bonchev–Trinajstić information content (AvgIpc) is 2.28. The van der Waals surface area contributed by atoms with Crippen LogP contribution < -0.4 is 0 Å². The number of aryl methyl sites for hydroxylation is 1. The maximum absolute atomic E-state index is 11.7. The van der Waals surface area contributed by atoms with E-state index >= 15 is 0 Å². The highest BCUT2D eigenvalue weighted by Gasteiger charge is 2.33. The average molecular weight is 257 g/mol. The van der Waals surface area contributed by atoms with Crippen LogP contribution in [0.4, 0.5) is 0 Å². The molecule has 1 atom stereocenters. The number of rotatable bonds is 2. The van der Waals surface area contributed by atoms with Crippen molar-refractivity contribution in [3.8, 4) is 0 Å². The minimum atomic E-state index is -3.26. The summed E-state index contributed by atoms with van der Waals surface area (Å²) in [5.41, 5.74) is 0.814. The molecular formula is C10H15N3O3S. The number of morpholine rings is 1. The minimum Gasteiger partial charge on any atom is -0.378 e. The lowest BCUT2D eigenvalue weighted by molar-refractivity contribution is 0.0292. The Hall–Kier alpha value is -1.05. The summed E-state index contributed by atoms with van der Waals surface area (Å²) in [7, 11) is -3.26. The number of aromatic nitrogens is 2. The molecule has 0 N–H and O–H groups in total. The number of nitrogens with zero attached hydrogens (tertiary/aromatic N) is 3. The Morgan fingerprint density at radius 2 is 2.29 bits per heavy atom. The van der Waals surface area contributed by atoms with Crippen LogP contribution in [0, 0.1) is 6.92 Å².